The van der Waals surface area contributed by atoms with Crippen molar-refractivity contribution in [1.82, 2.24) is 4.98 Å². The second kappa shape index (κ2) is 4.71. The molecule has 0 unspecified atom stereocenters. The van der Waals surface area contributed by atoms with Gasteiger partial charge in [-0.3, -0.25) is 0 Å². The van der Waals surface area contributed by atoms with Crippen molar-refractivity contribution in [3.8, 4) is 11.3 Å². The highest BCUT2D eigenvalue weighted by molar-refractivity contribution is 5.97. The molecule has 0 amide bonds. The number of nitrogens with zero attached hydrogens (tertiary/aromatic N) is 1. The Balaban J connectivity index is 2.02. The van der Waals surface area contributed by atoms with Gasteiger partial charge in [0.15, 0.2) is 0 Å². The van der Waals surface area contributed by atoms with Crippen molar-refractivity contribution in [3.05, 3.63) is 78.4 Å². The zero-order chi connectivity index (χ0) is 14.2. The van der Waals surface area contributed by atoms with E-state index in [4.69, 9.17) is 4.98 Å². The summed E-state index contributed by atoms with van der Waals surface area (Å²) < 4.78 is 0. The predicted octanol–water partition coefficient (Wildman–Crippen LogP) is 5.36. The molecule has 0 aliphatic heterocycles. The third kappa shape index (κ3) is 1.98. The Morgan fingerprint density at radius 3 is 2.38 bits per heavy atom. The standard InChI is InChI=1S/C20H15N/c1-14-6-4-9-16-12-13-19(21-20(14)16)18-11-5-8-15-7-2-3-10-17(15)18/h2-13H,1H3. The van der Waals surface area contributed by atoms with Crippen LogP contribution in [0.15, 0.2) is 72.8 Å². The van der Waals surface area contributed by atoms with Gasteiger partial charge in [0, 0.05) is 10.9 Å². The summed E-state index contributed by atoms with van der Waals surface area (Å²) in [6.07, 6.45) is 0. The summed E-state index contributed by atoms with van der Waals surface area (Å²) in [5.74, 6) is 0. The molecule has 0 fully saturated rings. The SMILES string of the molecule is Cc1cccc2ccc(-c3cccc4ccccc34)nc12. The maximum Gasteiger partial charge on any atom is 0.0738 e. The summed E-state index contributed by atoms with van der Waals surface area (Å²) in [7, 11) is 0. The molecule has 0 radical (unpaired) electrons. The molecule has 0 saturated heterocycles. The molecular weight excluding hydrogens is 254 g/mol. The third-order valence-electron chi connectivity index (χ3n) is 3.99. The van der Waals surface area contributed by atoms with Gasteiger partial charge in [0.1, 0.15) is 0 Å². The van der Waals surface area contributed by atoms with Crippen LogP contribution in [0.3, 0.4) is 0 Å². The summed E-state index contributed by atoms with van der Waals surface area (Å²) in [6.45, 7) is 2.11. The summed E-state index contributed by atoms with van der Waals surface area (Å²) >= 11 is 0. The van der Waals surface area contributed by atoms with E-state index in [0.29, 0.717) is 0 Å². The van der Waals surface area contributed by atoms with Crippen LogP contribution < -0.4 is 0 Å². The molecule has 0 bridgehead atoms. The molecule has 4 rings (SSSR count). The van der Waals surface area contributed by atoms with E-state index in [0.717, 1.165) is 11.2 Å². The third-order valence-corrected chi connectivity index (χ3v) is 3.99. The summed E-state index contributed by atoms with van der Waals surface area (Å²) in [5.41, 5.74) is 4.53. The predicted molar refractivity (Wildman–Crippen MR) is 89.4 cm³/mol. The average molecular weight is 269 g/mol. The maximum absolute atomic E-state index is 4.90. The molecule has 1 heteroatoms. The van der Waals surface area contributed by atoms with Gasteiger partial charge in [0.2, 0.25) is 0 Å². The molecular formula is C20H15N. The first kappa shape index (κ1) is 12.1. The Hall–Kier alpha value is -2.67. The minimum Gasteiger partial charge on any atom is -0.247 e. The first-order valence-corrected chi connectivity index (χ1v) is 7.17. The Morgan fingerprint density at radius 2 is 1.43 bits per heavy atom. The molecule has 0 N–H and O–H groups in total. The van der Waals surface area contributed by atoms with E-state index in [1.807, 2.05) is 0 Å². The summed E-state index contributed by atoms with van der Waals surface area (Å²) in [6, 6.07) is 25.4. The van der Waals surface area contributed by atoms with Crippen molar-refractivity contribution >= 4 is 21.7 Å². The lowest BCUT2D eigenvalue weighted by atomic mass is 10.0. The molecule has 100 valence electrons. The number of hydrogen-bond acceptors (Lipinski definition) is 1. The van der Waals surface area contributed by atoms with Crippen LogP contribution in [-0.2, 0) is 0 Å². The van der Waals surface area contributed by atoms with Crippen LogP contribution in [0.4, 0.5) is 0 Å². The number of hydrogen-bond donors (Lipinski definition) is 0. The number of aryl methyl sites for hydroxylation is 1. The fourth-order valence-corrected chi connectivity index (χ4v) is 2.89. The molecule has 0 atom stereocenters. The lowest BCUT2D eigenvalue weighted by Gasteiger charge is -2.08. The van der Waals surface area contributed by atoms with E-state index < -0.39 is 0 Å². The maximum atomic E-state index is 4.90. The molecule has 1 heterocycles. The normalized spacial score (nSPS) is 11.1. The largest absolute Gasteiger partial charge is 0.247 e. The van der Waals surface area contributed by atoms with Gasteiger partial charge in [-0.2, -0.15) is 0 Å². The molecule has 0 saturated carbocycles. The lowest BCUT2D eigenvalue weighted by Crippen LogP contribution is -1.88. The van der Waals surface area contributed by atoms with Gasteiger partial charge < -0.3 is 0 Å². The van der Waals surface area contributed by atoms with Crippen LogP contribution >= 0.6 is 0 Å². The highest BCUT2D eigenvalue weighted by Crippen LogP contribution is 2.29. The monoisotopic (exact) mass is 269 g/mol. The molecule has 0 spiro atoms. The summed E-state index contributed by atoms with van der Waals surface area (Å²) in [5, 5.41) is 3.70. The summed E-state index contributed by atoms with van der Waals surface area (Å²) in [4.78, 5) is 4.90. The number of aromatic nitrogens is 1. The van der Waals surface area contributed by atoms with Crippen molar-refractivity contribution in [1.29, 1.82) is 0 Å². The van der Waals surface area contributed by atoms with Crippen LogP contribution in [0.25, 0.3) is 32.9 Å². The van der Waals surface area contributed by atoms with Crippen LogP contribution in [0.5, 0.6) is 0 Å². The first-order chi connectivity index (χ1) is 10.3. The van der Waals surface area contributed by atoms with Crippen molar-refractivity contribution < 1.29 is 0 Å². The number of para-hydroxylation sites is 1. The number of fused-ring (bicyclic) bond motifs is 2. The Kier molecular flexibility index (Phi) is 2.71. The van der Waals surface area contributed by atoms with Gasteiger partial charge in [-0.25, -0.2) is 4.98 Å². The van der Waals surface area contributed by atoms with Crippen molar-refractivity contribution in [2.75, 3.05) is 0 Å². The highest BCUT2D eigenvalue weighted by atomic mass is 14.7. The lowest BCUT2D eigenvalue weighted by molar-refractivity contribution is 1.37. The van der Waals surface area contributed by atoms with Gasteiger partial charge in [-0.05, 0) is 29.3 Å². The van der Waals surface area contributed by atoms with E-state index >= 15 is 0 Å². The van der Waals surface area contributed by atoms with Gasteiger partial charge in [-0.1, -0.05) is 66.7 Å². The molecule has 4 aromatic rings. The fraction of sp³-hybridized carbons (Fsp3) is 0.0500. The van der Waals surface area contributed by atoms with Crippen LogP contribution in [-0.4, -0.2) is 4.98 Å². The van der Waals surface area contributed by atoms with Crippen LogP contribution in [0, 0.1) is 6.92 Å². The van der Waals surface area contributed by atoms with Gasteiger partial charge >= 0.3 is 0 Å². The topological polar surface area (TPSA) is 12.9 Å². The van der Waals surface area contributed by atoms with Crippen LogP contribution in [0.1, 0.15) is 5.56 Å². The van der Waals surface area contributed by atoms with Crippen LogP contribution in [0.2, 0.25) is 0 Å². The smallest absolute Gasteiger partial charge is 0.0738 e. The molecule has 1 aromatic heterocycles. The zero-order valence-corrected chi connectivity index (χ0v) is 11.9. The minimum atomic E-state index is 1.04. The highest BCUT2D eigenvalue weighted by Gasteiger charge is 2.06. The molecule has 0 aliphatic rings. The minimum absolute atomic E-state index is 1.04. The van der Waals surface area contributed by atoms with Crippen molar-refractivity contribution in [3.63, 3.8) is 0 Å². The number of pyridine rings is 1. The van der Waals surface area contributed by atoms with Crippen molar-refractivity contribution in [2.45, 2.75) is 6.92 Å². The first-order valence-electron chi connectivity index (χ1n) is 7.17. The van der Waals surface area contributed by atoms with Gasteiger partial charge in [0.05, 0.1) is 11.2 Å². The number of benzene rings is 3. The Labute approximate surface area is 123 Å². The second-order valence-corrected chi connectivity index (χ2v) is 5.37. The Morgan fingerprint density at radius 1 is 0.667 bits per heavy atom. The number of rotatable bonds is 1. The zero-order valence-electron chi connectivity index (χ0n) is 11.9. The van der Waals surface area contributed by atoms with Crippen molar-refractivity contribution in [2.24, 2.45) is 0 Å². The van der Waals surface area contributed by atoms with E-state index in [2.05, 4.69) is 79.7 Å². The fourth-order valence-electron chi connectivity index (χ4n) is 2.89. The second-order valence-electron chi connectivity index (χ2n) is 5.37. The molecule has 3 aromatic carbocycles. The Bertz CT molecular complexity index is 949. The van der Waals surface area contributed by atoms with Gasteiger partial charge in [0.25, 0.3) is 0 Å². The van der Waals surface area contributed by atoms with E-state index in [1.54, 1.807) is 0 Å². The van der Waals surface area contributed by atoms with E-state index in [1.165, 1.54) is 27.3 Å². The average Bonchev–Trinajstić information content (AvgIpc) is 2.54. The van der Waals surface area contributed by atoms with E-state index in [9.17, 15) is 0 Å². The molecule has 1 nitrogen and oxygen atoms in total. The van der Waals surface area contributed by atoms with E-state index in [-0.39, 0.29) is 0 Å². The quantitative estimate of drug-likeness (QED) is 0.453. The molecule has 21 heavy (non-hydrogen) atoms. The van der Waals surface area contributed by atoms with Gasteiger partial charge in [-0.15, -0.1) is 0 Å². The molecule has 0 aliphatic carbocycles.